The number of fused-ring (bicyclic) bond motifs is 1. The van der Waals surface area contributed by atoms with Crippen molar-refractivity contribution in [2.75, 3.05) is 7.11 Å². The molecular weight excluding hydrogens is 262 g/mol. The molecule has 3 nitrogen and oxygen atoms in total. The van der Waals surface area contributed by atoms with E-state index in [0.29, 0.717) is 6.42 Å². The van der Waals surface area contributed by atoms with E-state index in [1.807, 2.05) is 18.2 Å². The van der Waals surface area contributed by atoms with Crippen molar-refractivity contribution in [2.45, 2.75) is 44.1 Å². The van der Waals surface area contributed by atoms with E-state index in [9.17, 15) is 4.79 Å². The number of benzene rings is 1. The molecule has 2 rings (SSSR count). The van der Waals surface area contributed by atoms with Gasteiger partial charge in [0.25, 0.3) is 0 Å². The Hall–Kier alpha value is -1.06. The average molecular weight is 282 g/mol. The highest BCUT2D eigenvalue weighted by Crippen LogP contribution is 2.45. The molecule has 1 aromatic carbocycles. The van der Waals surface area contributed by atoms with Crippen molar-refractivity contribution in [1.29, 1.82) is 0 Å². The number of ether oxygens (including phenoxy) is 1. The summed E-state index contributed by atoms with van der Waals surface area (Å²) in [4.78, 5) is 11.8. The molecule has 0 bridgehead atoms. The van der Waals surface area contributed by atoms with Gasteiger partial charge in [0.1, 0.15) is 0 Å². The topological polar surface area (TPSA) is 52.3 Å². The Morgan fingerprint density at radius 1 is 1.58 bits per heavy atom. The van der Waals surface area contributed by atoms with Crippen molar-refractivity contribution in [3.8, 4) is 0 Å². The maximum Gasteiger partial charge on any atom is 0.306 e. The molecule has 0 amide bonds. The van der Waals surface area contributed by atoms with Crippen molar-refractivity contribution in [3.05, 3.63) is 34.3 Å². The number of hydrogen-bond donors (Lipinski definition) is 1. The number of rotatable bonds is 4. The Bertz CT molecular complexity index is 489. The number of carbonyl (C=O) groups excluding carboxylic acids is 1. The molecule has 0 fully saturated rings. The lowest BCUT2D eigenvalue weighted by Crippen LogP contribution is -2.45. The third kappa shape index (κ3) is 2.49. The molecule has 2 atom stereocenters. The van der Waals surface area contributed by atoms with Crippen LogP contribution in [0.25, 0.3) is 0 Å². The van der Waals surface area contributed by atoms with Gasteiger partial charge >= 0.3 is 5.97 Å². The minimum absolute atomic E-state index is 0.0472. The zero-order chi connectivity index (χ0) is 14.0. The van der Waals surface area contributed by atoms with Crippen molar-refractivity contribution in [1.82, 2.24) is 0 Å². The summed E-state index contributed by atoms with van der Waals surface area (Å²) in [6.07, 6.45) is 2.97. The second kappa shape index (κ2) is 5.51. The van der Waals surface area contributed by atoms with Crippen molar-refractivity contribution in [2.24, 2.45) is 5.73 Å². The standard InChI is InChI=1S/C15H20ClNO2/c1-3-13(17)15(9-14(18)19-2)7-6-10-8-11(16)4-5-12(10)15/h4-5,8,13H,3,6-7,9,17H2,1-2H3. The number of aryl methyl sites for hydroxylation is 1. The second-order valence-electron chi connectivity index (χ2n) is 5.23. The highest BCUT2D eigenvalue weighted by molar-refractivity contribution is 6.30. The third-order valence-corrected chi connectivity index (χ3v) is 4.52. The smallest absolute Gasteiger partial charge is 0.306 e. The molecule has 19 heavy (non-hydrogen) atoms. The van der Waals surface area contributed by atoms with Crippen LogP contribution in [-0.2, 0) is 21.4 Å². The molecule has 0 aromatic heterocycles. The minimum Gasteiger partial charge on any atom is -0.469 e. The lowest BCUT2D eigenvalue weighted by atomic mass is 9.72. The first-order valence-electron chi connectivity index (χ1n) is 6.65. The summed E-state index contributed by atoms with van der Waals surface area (Å²) >= 11 is 6.04. The van der Waals surface area contributed by atoms with Gasteiger partial charge in [0.15, 0.2) is 0 Å². The SMILES string of the molecule is CCC(N)C1(CC(=O)OC)CCc2cc(Cl)ccc21. The lowest BCUT2D eigenvalue weighted by molar-refractivity contribution is -0.142. The maximum absolute atomic E-state index is 11.8. The molecule has 1 aliphatic carbocycles. The highest BCUT2D eigenvalue weighted by Gasteiger charge is 2.44. The summed E-state index contributed by atoms with van der Waals surface area (Å²) in [5.74, 6) is -0.202. The molecule has 0 spiro atoms. The van der Waals surface area contributed by atoms with Crippen molar-refractivity contribution < 1.29 is 9.53 Å². The van der Waals surface area contributed by atoms with Crippen LogP contribution in [0.3, 0.4) is 0 Å². The van der Waals surface area contributed by atoms with Crippen LogP contribution in [0.2, 0.25) is 5.02 Å². The normalized spacial score (nSPS) is 22.9. The summed E-state index contributed by atoms with van der Waals surface area (Å²) in [6, 6.07) is 5.83. The van der Waals surface area contributed by atoms with Gasteiger partial charge in [-0.25, -0.2) is 0 Å². The van der Waals surface area contributed by atoms with E-state index >= 15 is 0 Å². The van der Waals surface area contributed by atoms with Gasteiger partial charge in [0.05, 0.1) is 13.5 Å². The zero-order valence-electron chi connectivity index (χ0n) is 11.4. The molecule has 2 unspecified atom stereocenters. The van der Waals surface area contributed by atoms with E-state index in [0.717, 1.165) is 29.8 Å². The van der Waals surface area contributed by atoms with Crippen molar-refractivity contribution in [3.63, 3.8) is 0 Å². The second-order valence-corrected chi connectivity index (χ2v) is 5.66. The fraction of sp³-hybridized carbons (Fsp3) is 0.533. The van der Waals surface area contributed by atoms with Crippen LogP contribution < -0.4 is 5.73 Å². The minimum atomic E-state index is -0.304. The van der Waals surface area contributed by atoms with Gasteiger partial charge in [0.2, 0.25) is 0 Å². The van der Waals surface area contributed by atoms with Gasteiger partial charge in [0, 0.05) is 16.5 Å². The number of hydrogen-bond acceptors (Lipinski definition) is 3. The first-order valence-corrected chi connectivity index (χ1v) is 7.02. The number of halogens is 1. The van der Waals surface area contributed by atoms with Crippen LogP contribution in [0.15, 0.2) is 18.2 Å². The largest absolute Gasteiger partial charge is 0.469 e. The van der Waals surface area contributed by atoms with Crippen LogP contribution in [0.1, 0.15) is 37.3 Å². The fourth-order valence-corrected chi connectivity index (χ4v) is 3.36. The molecule has 0 saturated carbocycles. The van der Waals surface area contributed by atoms with E-state index in [1.165, 1.54) is 12.7 Å². The summed E-state index contributed by atoms with van der Waals surface area (Å²) < 4.78 is 4.85. The van der Waals surface area contributed by atoms with Gasteiger partial charge in [-0.05, 0) is 42.5 Å². The molecule has 4 heteroatoms. The van der Waals surface area contributed by atoms with Gasteiger partial charge < -0.3 is 10.5 Å². The first kappa shape index (κ1) is 14.4. The number of methoxy groups -OCH3 is 1. The third-order valence-electron chi connectivity index (χ3n) is 4.28. The van der Waals surface area contributed by atoms with Gasteiger partial charge in [-0.2, -0.15) is 0 Å². The molecule has 2 N–H and O–H groups in total. The van der Waals surface area contributed by atoms with Gasteiger partial charge in [-0.1, -0.05) is 24.6 Å². The Kier molecular flexibility index (Phi) is 4.16. The number of carbonyl (C=O) groups is 1. The highest BCUT2D eigenvalue weighted by atomic mass is 35.5. The average Bonchev–Trinajstić information content (AvgIpc) is 2.76. The monoisotopic (exact) mass is 281 g/mol. The van der Waals surface area contributed by atoms with E-state index in [2.05, 4.69) is 6.92 Å². The van der Waals surface area contributed by atoms with Crippen LogP contribution in [-0.4, -0.2) is 19.1 Å². The fourth-order valence-electron chi connectivity index (χ4n) is 3.17. The Balaban J connectivity index is 2.45. The number of nitrogens with two attached hydrogens (primary N) is 1. The van der Waals surface area contributed by atoms with Crippen molar-refractivity contribution >= 4 is 17.6 Å². The number of esters is 1. The Morgan fingerprint density at radius 2 is 2.32 bits per heavy atom. The van der Waals surface area contributed by atoms with Gasteiger partial charge in [-0.15, -0.1) is 0 Å². The maximum atomic E-state index is 11.8. The molecule has 0 aliphatic heterocycles. The van der Waals surface area contributed by atoms with Crippen LogP contribution >= 0.6 is 11.6 Å². The van der Waals surface area contributed by atoms with E-state index in [4.69, 9.17) is 22.1 Å². The Morgan fingerprint density at radius 3 is 2.95 bits per heavy atom. The van der Waals surface area contributed by atoms with E-state index < -0.39 is 0 Å². The molecule has 1 aromatic rings. The van der Waals surface area contributed by atoms with E-state index in [-0.39, 0.29) is 17.4 Å². The van der Waals surface area contributed by atoms with Crippen LogP contribution in [0.4, 0.5) is 0 Å². The zero-order valence-corrected chi connectivity index (χ0v) is 12.2. The van der Waals surface area contributed by atoms with E-state index in [1.54, 1.807) is 0 Å². The summed E-state index contributed by atoms with van der Waals surface area (Å²) in [7, 11) is 1.42. The van der Waals surface area contributed by atoms with Crippen LogP contribution in [0, 0.1) is 0 Å². The molecule has 1 aliphatic rings. The molecular formula is C15H20ClNO2. The summed E-state index contributed by atoms with van der Waals surface area (Å²) in [5, 5.41) is 0.734. The predicted molar refractivity (Wildman–Crippen MR) is 76.4 cm³/mol. The lowest BCUT2D eigenvalue weighted by Gasteiger charge is -2.35. The molecule has 0 heterocycles. The first-order chi connectivity index (χ1) is 9.03. The quantitative estimate of drug-likeness (QED) is 0.864. The van der Waals surface area contributed by atoms with Crippen LogP contribution in [0.5, 0.6) is 0 Å². The molecule has 0 saturated heterocycles. The molecule has 0 radical (unpaired) electrons. The molecule has 104 valence electrons. The predicted octanol–water partition coefficient (Wildman–Crippen LogP) is 2.82. The Labute approximate surface area is 119 Å². The van der Waals surface area contributed by atoms with Gasteiger partial charge in [-0.3, -0.25) is 4.79 Å². The summed E-state index contributed by atoms with van der Waals surface area (Å²) in [5.41, 5.74) is 8.40. The summed E-state index contributed by atoms with van der Waals surface area (Å²) in [6.45, 7) is 2.05.